The summed E-state index contributed by atoms with van der Waals surface area (Å²) in [6.07, 6.45) is 0. The van der Waals surface area contributed by atoms with Crippen LogP contribution in [0.2, 0.25) is 0 Å². The molecule has 1 fully saturated rings. The zero-order valence-corrected chi connectivity index (χ0v) is 18.8. The van der Waals surface area contributed by atoms with E-state index in [-0.39, 0.29) is 0 Å². The molecule has 1 aliphatic rings. The number of morpholine rings is 1. The molecule has 0 amide bonds. The van der Waals surface area contributed by atoms with Gasteiger partial charge in [0.25, 0.3) is 0 Å². The predicted molar refractivity (Wildman–Crippen MR) is 125 cm³/mol. The summed E-state index contributed by atoms with van der Waals surface area (Å²) < 4.78 is 11.9. The van der Waals surface area contributed by atoms with Gasteiger partial charge < -0.3 is 4.74 Å². The van der Waals surface area contributed by atoms with Gasteiger partial charge >= 0.3 is 0 Å². The van der Waals surface area contributed by atoms with Crippen LogP contribution in [0.3, 0.4) is 0 Å². The second-order valence-electron chi connectivity index (χ2n) is 7.59. The molecule has 0 saturated carbocycles. The first-order valence-corrected chi connectivity index (χ1v) is 11.2. The minimum absolute atomic E-state index is 0.557. The third-order valence-electron chi connectivity index (χ3n) is 5.52. The molecule has 0 radical (unpaired) electrons. The smallest absolute Gasteiger partial charge is 0.220 e. The Labute approximate surface area is 191 Å². The van der Waals surface area contributed by atoms with Crippen LogP contribution < -0.4 is 0 Å². The van der Waals surface area contributed by atoms with Gasteiger partial charge in [-0.3, -0.25) is 9.47 Å². The molecule has 8 nitrogen and oxygen atoms in total. The van der Waals surface area contributed by atoms with Gasteiger partial charge in [-0.2, -0.15) is 0 Å². The van der Waals surface area contributed by atoms with Crippen LogP contribution in [0.4, 0.5) is 0 Å². The molecule has 4 aromatic rings. The van der Waals surface area contributed by atoms with E-state index < -0.39 is 0 Å². The average Bonchev–Trinajstić information content (AvgIpc) is 3.42. The van der Waals surface area contributed by atoms with Gasteiger partial charge in [0.1, 0.15) is 0 Å². The zero-order valence-electron chi connectivity index (χ0n) is 18.0. The van der Waals surface area contributed by atoms with E-state index in [1.807, 2.05) is 74.6 Å². The summed E-state index contributed by atoms with van der Waals surface area (Å²) in [5.41, 5.74) is 1.93. The number of hydrogen-bond donors (Lipinski definition) is 0. The van der Waals surface area contributed by atoms with E-state index in [9.17, 15) is 0 Å². The van der Waals surface area contributed by atoms with Crippen LogP contribution >= 0.6 is 12.2 Å². The van der Waals surface area contributed by atoms with Crippen molar-refractivity contribution in [3.63, 3.8) is 0 Å². The second kappa shape index (κ2) is 9.15. The van der Waals surface area contributed by atoms with E-state index in [0.29, 0.717) is 29.6 Å². The van der Waals surface area contributed by atoms with Crippen molar-refractivity contribution >= 4 is 12.2 Å². The summed E-state index contributed by atoms with van der Waals surface area (Å²) in [7, 11) is 0. The van der Waals surface area contributed by atoms with E-state index in [1.165, 1.54) is 0 Å². The standard InChI is InChI=1S/C23H25N7OS/c1-2-28-22(26-29(23(28)32)17-27-13-15-31-16-14-27)20-24-21(18-9-5-3-6-10-18)30(25-20)19-11-7-4-8-12-19/h3-12H,2,13-17H2,1H3. The maximum atomic E-state index is 5.75. The molecule has 0 spiro atoms. The van der Waals surface area contributed by atoms with Gasteiger partial charge in [-0.15, -0.1) is 10.2 Å². The molecule has 5 rings (SSSR count). The molecular formula is C23H25N7OS. The fraction of sp³-hybridized carbons (Fsp3) is 0.304. The molecule has 32 heavy (non-hydrogen) atoms. The number of hydrogen-bond acceptors (Lipinski definition) is 6. The van der Waals surface area contributed by atoms with Crippen LogP contribution in [-0.2, 0) is 18.0 Å². The molecule has 1 aliphatic heterocycles. The average molecular weight is 448 g/mol. The number of aromatic nitrogens is 6. The molecule has 3 heterocycles. The molecule has 0 bridgehead atoms. The molecule has 9 heteroatoms. The molecule has 1 saturated heterocycles. The Balaban J connectivity index is 1.60. The van der Waals surface area contributed by atoms with Crippen LogP contribution in [-0.4, -0.2) is 60.3 Å². The Morgan fingerprint density at radius 1 is 0.906 bits per heavy atom. The van der Waals surface area contributed by atoms with Crippen molar-refractivity contribution in [1.29, 1.82) is 0 Å². The van der Waals surface area contributed by atoms with E-state index in [1.54, 1.807) is 0 Å². The lowest BCUT2D eigenvalue weighted by Crippen LogP contribution is -2.37. The highest BCUT2D eigenvalue weighted by Gasteiger charge is 2.21. The van der Waals surface area contributed by atoms with Crippen LogP contribution in [0, 0.1) is 4.77 Å². The summed E-state index contributed by atoms with van der Waals surface area (Å²) in [6, 6.07) is 20.1. The Bertz CT molecular complexity index is 1180. The highest BCUT2D eigenvalue weighted by Crippen LogP contribution is 2.25. The Hall–Kier alpha value is -3.14. The third-order valence-corrected chi connectivity index (χ3v) is 5.95. The van der Waals surface area contributed by atoms with E-state index in [2.05, 4.69) is 11.8 Å². The second-order valence-corrected chi connectivity index (χ2v) is 7.96. The SMILES string of the molecule is CCn1c(-c2nc(-c3ccccc3)n(-c3ccccc3)n2)nn(CN2CCOCC2)c1=S. The first-order valence-electron chi connectivity index (χ1n) is 10.8. The zero-order chi connectivity index (χ0) is 21.9. The van der Waals surface area contributed by atoms with Crippen molar-refractivity contribution < 1.29 is 4.74 Å². The molecule has 0 N–H and O–H groups in total. The van der Waals surface area contributed by atoms with Crippen LogP contribution in [0.5, 0.6) is 0 Å². The maximum absolute atomic E-state index is 5.75. The lowest BCUT2D eigenvalue weighted by Gasteiger charge is -2.26. The topological polar surface area (TPSA) is 65.9 Å². The van der Waals surface area contributed by atoms with Crippen LogP contribution in [0.25, 0.3) is 28.7 Å². The van der Waals surface area contributed by atoms with Gasteiger partial charge in [0.2, 0.25) is 11.6 Å². The van der Waals surface area contributed by atoms with Crippen molar-refractivity contribution in [2.45, 2.75) is 20.1 Å². The number of para-hydroxylation sites is 1. The molecule has 2 aromatic heterocycles. The summed E-state index contributed by atoms with van der Waals surface area (Å²) in [5, 5.41) is 9.71. The van der Waals surface area contributed by atoms with Crippen LogP contribution in [0.15, 0.2) is 60.7 Å². The fourth-order valence-electron chi connectivity index (χ4n) is 3.85. The van der Waals surface area contributed by atoms with Gasteiger partial charge in [0, 0.05) is 25.2 Å². The lowest BCUT2D eigenvalue weighted by atomic mass is 10.2. The first kappa shape index (κ1) is 20.7. The summed E-state index contributed by atoms with van der Waals surface area (Å²) in [5.74, 6) is 2.00. The molecular weight excluding hydrogens is 422 g/mol. The van der Waals surface area contributed by atoms with E-state index >= 15 is 0 Å². The largest absolute Gasteiger partial charge is 0.379 e. The van der Waals surface area contributed by atoms with Gasteiger partial charge in [-0.1, -0.05) is 48.5 Å². The molecule has 0 aliphatic carbocycles. The number of rotatable bonds is 6. The minimum atomic E-state index is 0.557. The van der Waals surface area contributed by atoms with Crippen molar-refractivity contribution in [3.8, 4) is 28.7 Å². The van der Waals surface area contributed by atoms with Crippen LogP contribution in [0.1, 0.15) is 6.92 Å². The molecule has 164 valence electrons. The van der Waals surface area contributed by atoms with Crippen molar-refractivity contribution in [2.75, 3.05) is 26.3 Å². The highest BCUT2D eigenvalue weighted by atomic mass is 32.1. The van der Waals surface area contributed by atoms with Crippen molar-refractivity contribution in [2.24, 2.45) is 0 Å². The van der Waals surface area contributed by atoms with Gasteiger partial charge in [0.15, 0.2) is 10.6 Å². The lowest BCUT2D eigenvalue weighted by molar-refractivity contribution is 0.0209. The summed E-state index contributed by atoms with van der Waals surface area (Å²) in [6.45, 7) is 6.60. The monoisotopic (exact) mass is 447 g/mol. The third kappa shape index (κ3) is 4.02. The number of benzene rings is 2. The Morgan fingerprint density at radius 3 is 2.28 bits per heavy atom. The van der Waals surface area contributed by atoms with Crippen molar-refractivity contribution in [3.05, 3.63) is 65.4 Å². The molecule has 0 atom stereocenters. The van der Waals surface area contributed by atoms with Crippen molar-refractivity contribution in [1.82, 2.24) is 34.0 Å². The predicted octanol–water partition coefficient (Wildman–Crippen LogP) is 3.64. The highest BCUT2D eigenvalue weighted by molar-refractivity contribution is 7.71. The molecule has 0 unspecified atom stereocenters. The quantitative estimate of drug-likeness (QED) is 0.421. The van der Waals surface area contributed by atoms with Gasteiger partial charge in [0.05, 0.1) is 25.6 Å². The Kier molecular flexibility index (Phi) is 5.93. The number of ether oxygens (including phenoxy) is 1. The normalized spacial score (nSPS) is 14.7. The van der Waals surface area contributed by atoms with E-state index in [4.69, 9.17) is 32.1 Å². The van der Waals surface area contributed by atoms with E-state index in [0.717, 1.165) is 43.4 Å². The minimum Gasteiger partial charge on any atom is -0.379 e. The maximum Gasteiger partial charge on any atom is 0.220 e. The van der Waals surface area contributed by atoms with Gasteiger partial charge in [-0.05, 0) is 31.3 Å². The molecule has 2 aromatic carbocycles. The summed E-state index contributed by atoms with van der Waals surface area (Å²) >= 11 is 5.75. The number of nitrogens with zero attached hydrogens (tertiary/aromatic N) is 7. The van der Waals surface area contributed by atoms with Gasteiger partial charge in [-0.25, -0.2) is 14.3 Å². The first-order chi connectivity index (χ1) is 15.7. The Morgan fingerprint density at radius 2 is 1.59 bits per heavy atom. The fourth-order valence-corrected chi connectivity index (χ4v) is 4.16. The summed E-state index contributed by atoms with van der Waals surface area (Å²) in [4.78, 5) is 7.21.